The van der Waals surface area contributed by atoms with Crippen molar-refractivity contribution in [3.8, 4) is 0 Å². The van der Waals surface area contributed by atoms with Gasteiger partial charge in [0.1, 0.15) is 5.60 Å². The molecule has 2 bridgehead atoms. The van der Waals surface area contributed by atoms with Gasteiger partial charge in [-0.1, -0.05) is 0 Å². The third kappa shape index (κ3) is 2.44. The molecule has 126 valence electrons. The SMILES string of the molecule is c1n[nH]c2c1CCOC21CCN(CCN2C[C@H]3CC[C@@H]2C3)CC1. The number of hydrogen-bond acceptors (Lipinski definition) is 4. The number of nitrogens with one attached hydrogen (secondary N) is 1. The number of fused-ring (bicyclic) bond motifs is 4. The molecule has 1 aromatic heterocycles. The summed E-state index contributed by atoms with van der Waals surface area (Å²) in [5, 5.41) is 7.48. The molecule has 0 amide bonds. The molecule has 1 spiro atoms. The van der Waals surface area contributed by atoms with Crippen molar-refractivity contribution in [1.82, 2.24) is 20.0 Å². The molecule has 0 radical (unpaired) electrons. The van der Waals surface area contributed by atoms with Gasteiger partial charge in [0.05, 0.1) is 18.5 Å². The Balaban J connectivity index is 1.18. The van der Waals surface area contributed by atoms with E-state index in [-0.39, 0.29) is 5.60 Å². The van der Waals surface area contributed by atoms with Crippen LogP contribution in [0.3, 0.4) is 0 Å². The van der Waals surface area contributed by atoms with Crippen LogP contribution in [0.2, 0.25) is 0 Å². The molecule has 1 N–H and O–H groups in total. The van der Waals surface area contributed by atoms with Crippen molar-refractivity contribution in [1.29, 1.82) is 0 Å². The molecule has 0 aromatic carbocycles. The summed E-state index contributed by atoms with van der Waals surface area (Å²) in [4.78, 5) is 5.40. The Morgan fingerprint density at radius 1 is 1.26 bits per heavy atom. The van der Waals surface area contributed by atoms with Gasteiger partial charge in [-0.3, -0.25) is 10.00 Å². The topological polar surface area (TPSA) is 44.4 Å². The summed E-state index contributed by atoms with van der Waals surface area (Å²) in [6.07, 6.45) is 9.62. The van der Waals surface area contributed by atoms with Crippen LogP contribution in [0.1, 0.15) is 43.4 Å². The molecule has 5 heteroatoms. The van der Waals surface area contributed by atoms with Gasteiger partial charge in [-0.05, 0) is 50.0 Å². The average Bonchev–Trinajstić information content (AvgIpc) is 3.31. The van der Waals surface area contributed by atoms with Gasteiger partial charge in [0.15, 0.2) is 0 Å². The minimum absolute atomic E-state index is 0.0761. The van der Waals surface area contributed by atoms with Gasteiger partial charge in [0.2, 0.25) is 0 Å². The first-order valence-electron chi connectivity index (χ1n) is 9.45. The standard InChI is InChI=1S/C18H28N4O/c1-2-16-11-14(1)13-22(16)9-8-21-6-4-18(5-7-21)17-15(3-10-23-18)12-19-20-17/h12,14,16H,1-11,13H2,(H,19,20)/t14-,16+/m0/s1. The number of piperidine rings is 2. The molecule has 4 aliphatic rings. The number of likely N-dealkylation sites (tertiary alicyclic amines) is 2. The lowest BCUT2D eigenvalue weighted by Gasteiger charge is -2.43. The first-order chi connectivity index (χ1) is 11.3. The quantitative estimate of drug-likeness (QED) is 0.923. The minimum Gasteiger partial charge on any atom is -0.368 e. The molecule has 23 heavy (non-hydrogen) atoms. The molecule has 3 fully saturated rings. The van der Waals surface area contributed by atoms with Gasteiger partial charge in [0.25, 0.3) is 0 Å². The number of hydrogen-bond donors (Lipinski definition) is 1. The molecular weight excluding hydrogens is 288 g/mol. The van der Waals surface area contributed by atoms with Gasteiger partial charge in [-0.2, -0.15) is 5.10 Å². The number of H-pyrrole nitrogens is 1. The molecule has 5 nitrogen and oxygen atoms in total. The summed E-state index contributed by atoms with van der Waals surface area (Å²) in [6, 6.07) is 0.908. The summed E-state index contributed by atoms with van der Waals surface area (Å²) in [7, 11) is 0. The van der Waals surface area contributed by atoms with E-state index in [9.17, 15) is 0 Å². The molecule has 2 saturated heterocycles. The highest BCUT2D eigenvalue weighted by molar-refractivity contribution is 5.26. The van der Waals surface area contributed by atoms with E-state index in [4.69, 9.17) is 4.74 Å². The molecule has 1 aliphatic carbocycles. The molecular formula is C18H28N4O. The van der Waals surface area contributed by atoms with E-state index in [1.165, 1.54) is 50.2 Å². The Morgan fingerprint density at radius 3 is 2.96 bits per heavy atom. The summed E-state index contributed by atoms with van der Waals surface area (Å²) in [6.45, 7) is 7.02. The summed E-state index contributed by atoms with van der Waals surface area (Å²) in [5.41, 5.74) is 2.56. The molecule has 1 aromatic rings. The minimum atomic E-state index is -0.0761. The molecule has 2 atom stereocenters. The van der Waals surface area contributed by atoms with Crippen LogP contribution in [0.4, 0.5) is 0 Å². The van der Waals surface area contributed by atoms with Crippen LogP contribution in [-0.2, 0) is 16.8 Å². The Bertz CT molecular complexity index is 563. The first-order valence-corrected chi connectivity index (χ1v) is 9.45. The van der Waals surface area contributed by atoms with Crippen molar-refractivity contribution >= 4 is 0 Å². The summed E-state index contributed by atoms with van der Waals surface area (Å²) >= 11 is 0. The lowest BCUT2D eigenvalue weighted by molar-refractivity contribution is -0.101. The largest absolute Gasteiger partial charge is 0.368 e. The van der Waals surface area contributed by atoms with Crippen LogP contribution in [0.25, 0.3) is 0 Å². The molecule has 5 rings (SSSR count). The van der Waals surface area contributed by atoms with E-state index in [0.717, 1.165) is 50.9 Å². The van der Waals surface area contributed by atoms with Crippen LogP contribution < -0.4 is 0 Å². The Kier molecular flexibility index (Phi) is 3.50. The molecule has 4 heterocycles. The highest BCUT2D eigenvalue weighted by Gasteiger charge is 2.42. The number of nitrogens with zero attached hydrogens (tertiary/aromatic N) is 3. The van der Waals surface area contributed by atoms with E-state index in [1.54, 1.807) is 0 Å². The zero-order chi connectivity index (χ0) is 15.3. The van der Waals surface area contributed by atoms with Gasteiger partial charge in [-0.25, -0.2) is 0 Å². The van der Waals surface area contributed by atoms with Crippen LogP contribution in [0, 0.1) is 5.92 Å². The predicted molar refractivity (Wildman–Crippen MR) is 88.3 cm³/mol. The fourth-order valence-corrected chi connectivity index (χ4v) is 5.43. The van der Waals surface area contributed by atoms with Crippen molar-refractivity contribution in [2.24, 2.45) is 5.92 Å². The first kappa shape index (κ1) is 14.4. The number of rotatable bonds is 3. The van der Waals surface area contributed by atoms with E-state index in [1.807, 2.05) is 6.20 Å². The number of ether oxygens (including phenoxy) is 1. The van der Waals surface area contributed by atoms with Crippen molar-refractivity contribution in [2.45, 2.75) is 50.2 Å². The van der Waals surface area contributed by atoms with Crippen LogP contribution in [0.15, 0.2) is 6.20 Å². The third-order valence-electron chi connectivity index (χ3n) is 6.81. The van der Waals surface area contributed by atoms with Crippen molar-refractivity contribution in [2.75, 3.05) is 39.3 Å². The molecule has 1 saturated carbocycles. The van der Waals surface area contributed by atoms with Crippen molar-refractivity contribution in [3.63, 3.8) is 0 Å². The van der Waals surface area contributed by atoms with Gasteiger partial charge >= 0.3 is 0 Å². The second-order valence-electron chi connectivity index (χ2n) is 8.03. The monoisotopic (exact) mass is 316 g/mol. The number of aromatic amines is 1. The second-order valence-corrected chi connectivity index (χ2v) is 8.03. The van der Waals surface area contributed by atoms with E-state index < -0.39 is 0 Å². The van der Waals surface area contributed by atoms with Gasteiger partial charge < -0.3 is 9.64 Å². The maximum atomic E-state index is 6.25. The fraction of sp³-hybridized carbons (Fsp3) is 0.833. The van der Waals surface area contributed by atoms with Crippen LogP contribution in [0.5, 0.6) is 0 Å². The number of aromatic nitrogens is 2. The van der Waals surface area contributed by atoms with Crippen LogP contribution >= 0.6 is 0 Å². The Labute approximate surface area is 138 Å². The Hall–Kier alpha value is -0.910. The Morgan fingerprint density at radius 2 is 2.17 bits per heavy atom. The van der Waals surface area contributed by atoms with Crippen molar-refractivity contribution < 1.29 is 4.74 Å². The van der Waals surface area contributed by atoms with Crippen LogP contribution in [-0.4, -0.2) is 65.4 Å². The zero-order valence-electron chi connectivity index (χ0n) is 14.0. The fourth-order valence-electron chi connectivity index (χ4n) is 5.43. The van der Waals surface area contributed by atoms with E-state index >= 15 is 0 Å². The average molecular weight is 316 g/mol. The van der Waals surface area contributed by atoms with E-state index in [0.29, 0.717) is 0 Å². The maximum Gasteiger partial charge on any atom is 0.112 e. The third-order valence-corrected chi connectivity index (χ3v) is 6.81. The zero-order valence-corrected chi connectivity index (χ0v) is 14.0. The predicted octanol–water partition coefficient (Wildman–Crippen LogP) is 1.76. The molecule has 0 unspecified atom stereocenters. The molecule has 3 aliphatic heterocycles. The van der Waals surface area contributed by atoms with Gasteiger partial charge in [0, 0.05) is 38.8 Å². The second kappa shape index (κ2) is 5.57. The van der Waals surface area contributed by atoms with E-state index in [2.05, 4.69) is 20.0 Å². The lowest BCUT2D eigenvalue weighted by atomic mass is 9.84. The summed E-state index contributed by atoms with van der Waals surface area (Å²) < 4.78 is 6.25. The highest BCUT2D eigenvalue weighted by atomic mass is 16.5. The highest BCUT2D eigenvalue weighted by Crippen LogP contribution is 2.40. The lowest BCUT2D eigenvalue weighted by Crippen LogP contribution is -2.48. The summed E-state index contributed by atoms with van der Waals surface area (Å²) in [5.74, 6) is 1.01. The maximum absolute atomic E-state index is 6.25. The van der Waals surface area contributed by atoms with Gasteiger partial charge in [-0.15, -0.1) is 0 Å². The van der Waals surface area contributed by atoms with Crippen molar-refractivity contribution in [3.05, 3.63) is 17.5 Å². The smallest absolute Gasteiger partial charge is 0.112 e. The normalized spacial score (nSPS) is 33.4.